The number of carbonyl (C=O) groups excluding carboxylic acids is 1. The lowest BCUT2D eigenvalue weighted by molar-refractivity contribution is -0.162. The summed E-state index contributed by atoms with van der Waals surface area (Å²) in [6.07, 6.45) is 5.24. The summed E-state index contributed by atoms with van der Waals surface area (Å²) in [6, 6.07) is 15.4. The van der Waals surface area contributed by atoms with Gasteiger partial charge in [-0.1, -0.05) is 30.3 Å². The zero-order valence-electron chi connectivity index (χ0n) is 16.4. The van der Waals surface area contributed by atoms with E-state index in [1.165, 1.54) is 19.1 Å². The van der Waals surface area contributed by atoms with E-state index in [0.717, 1.165) is 37.9 Å². The van der Waals surface area contributed by atoms with Crippen LogP contribution in [0.25, 0.3) is 0 Å². The third-order valence-electron chi connectivity index (χ3n) is 4.70. The minimum atomic E-state index is -0.367. The van der Waals surface area contributed by atoms with Crippen molar-refractivity contribution < 1.29 is 23.7 Å². The molecule has 0 aromatic heterocycles. The van der Waals surface area contributed by atoms with Crippen molar-refractivity contribution in [1.82, 2.24) is 0 Å². The summed E-state index contributed by atoms with van der Waals surface area (Å²) in [5.41, 5.74) is 2.84. The minimum absolute atomic E-state index is 0.0192. The summed E-state index contributed by atoms with van der Waals surface area (Å²) in [5, 5.41) is 0. The van der Waals surface area contributed by atoms with E-state index >= 15 is 0 Å². The second-order valence-electron chi connectivity index (χ2n) is 6.90. The molecule has 1 aliphatic heterocycles. The Bertz CT molecular complexity index is 752. The molecule has 2 aromatic rings. The molecule has 1 unspecified atom stereocenters. The molecule has 0 spiro atoms. The number of benzene rings is 2. The third-order valence-corrected chi connectivity index (χ3v) is 4.70. The van der Waals surface area contributed by atoms with Crippen LogP contribution >= 0.6 is 0 Å². The van der Waals surface area contributed by atoms with Gasteiger partial charge in [0.2, 0.25) is 0 Å². The summed E-state index contributed by atoms with van der Waals surface area (Å²) in [6.45, 7) is 1.98. The molecule has 1 aliphatic rings. The average Bonchev–Trinajstić information content (AvgIpc) is 2.76. The summed E-state index contributed by atoms with van der Waals surface area (Å²) >= 11 is 0. The van der Waals surface area contributed by atoms with Crippen LogP contribution in [0.5, 0.6) is 5.75 Å². The van der Waals surface area contributed by atoms with Crippen LogP contribution < -0.4 is 4.74 Å². The standard InChI is InChI=1S/C23H28O5/c1-25-23(24)20-10-5-11-21(16-20)28-17-19-8-4-7-18(15-19)9-6-14-27-22-12-2-3-13-26-22/h4-5,7-8,10-11,15-16,22H,2-3,6,9,12-14,17H2,1H3. The van der Waals surface area contributed by atoms with E-state index in [2.05, 4.69) is 12.1 Å². The Morgan fingerprint density at radius 2 is 1.96 bits per heavy atom. The van der Waals surface area contributed by atoms with E-state index in [4.69, 9.17) is 18.9 Å². The van der Waals surface area contributed by atoms with Crippen LogP contribution in [0, 0.1) is 0 Å². The Balaban J connectivity index is 1.44. The Morgan fingerprint density at radius 1 is 1.11 bits per heavy atom. The first-order chi connectivity index (χ1) is 13.7. The fraction of sp³-hybridized carbons (Fsp3) is 0.435. The maximum atomic E-state index is 11.6. The van der Waals surface area contributed by atoms with Crippen molar-refractivity contribution in [3.05, 3.63) is 65.2 Å². The molecular weight excluding hydrogens is 356 g/mol. The Labute approximate surface area is 166 Å². The minimum Gasteiger partial charge on any atom is -0.489 e. The van der Waals surface area contributed by atoms with E-state index in [0.29, 0.717) is 24.5 Å². The summed E-state index contributed by atoms with van der Waals surface area (Å²) < 4.78 is 22.0. The van der Waals surface area contributed by atoms with Gasteiger partial charge in [0.25, 0.3) is 0 Å². The molecule has 0 N–H and O–H groups in total. The summed E-state index contributed by atoms with van der Waals surface area (Å²) in [4.78, 5) is 11.6. The van der Waals surface area contributed by atoms with Crippen molar-refractivity contribution in [2.24, 2.45) is 0 Å². The van der Waals surface area contributed by atoms with E-state index in [9.17, 15) is 4.79 Å². The zero-order chi connectivity index (χ0) is 19.6. The molecule has 0 aliphatic carbocycles. The number of ether oxygens (including phenoxy) is 4. The molecule has 28 heavy (non-hydrogen) atoms. The molecule has 3 rings (SSSR count). The molecule has 1 atom stereocenters. The van der Waals surface area contributed by atoms with E-state index in [1.807, 2.05) is 18.2 Å². The van der Waals surface area contributed by atoms with Gasteiger partial charge in [-0.2, -0.15) is 0 Å². The maximum absolute atomic E-state index is 11.6. The Morgan fingerprint density at radius 3 is 2.79 bits per heavy atom. The number of aryl methyl sites for hydroxylation is 1. The van der Waals surface area contributed by atoms with Crippen LogP contribution in [0.15, 0.2) is 48.5 Å². The predicted octanol–water partition coefficient (Wildman–Crippen LogP) is 4.53. The highest BCUT2D eigenvalue weighted by molar-refractivity contribution is 5.89. The van der Waals surface area contributed by atoms with Gasteiger partial charge in [0.1, 0.15) is 12.4 Å². The van der Waals surface area contributed by atoms with E-state index in [-0.39, 0.29) is 12.3 Å². The van der Waals surface area contributed by atoms with E-state index in [1.54, 1.807) is 18.2 Å². The first kappa shape index (κ1) is 20.4. The molecule has 0 saturated carbocycles. The normalized spacial score (nSPS) is 16.5. The first-order valence-corrected chi connectivity index (χ1v) is 9.87. The molecule has 0 amide bonds. The average molecular weight is 384 g/mol. The van der Waals surface area contributed by atoms with Crippen LogP contribution in [-0.4, -0.2) is 32.6 Å². The molecule has 5 nitrogen and oxygen atoms in total. The van der Waals surface area contributed by atoms with Crippen LogP contribution in [0.4, 0.5) is 0 Å². The van der Waals surface area contributed by atoms with Gasteiger partial charge in [-0.3, -0.25) is 0 Å². The largest absolute Gasteiger partial charge is 0.489 e. The Kier molecular flexibility index (Phi) is 7.88. The lowest BCUT2D eigenvalue weighted by atomic mass is 10.1. The maximum Gasteiger partial charge on any atom is 0.337 e. The first-order valence-electron chi connectivity index (χ1n) is 9.87. The molecular formula is C23H28O5. The van der Waals surface area contributed by atoms with Crippen LogP contribution in [-0.2, 0) is 27.2 Å². The van der Waals surface area contributed by atoms with Crippen molar-refractivity contribution in [3.8, 4) is 5.75 Å². The Hall–Kier alpha value is -2.37. The molecule has 0 radical (unpaired) electrons. The fourth-order valence-electron chi connectivity index (χ4n) is 3.21. The number of hydrogen-bond donors (Lipinski definition) is 0. The highest BCUT2D eigenvalue weighted by atomic mass is 16.7. The number of hydrogen-bond acceptors (Lipinski definition) is 5. The van der Waals surface area contributed by atoms with Gasteiger partial charge in [-0.15, -0.1) is 0 Å². The van der Waals surface area contributed by atoms with Gasteiger partial charge >= 0.3 is 5.97 Å². The second kappa shape index (κ2) is 10.8. The quantitative estimate of drug-likeness (QED) is 0.470. The molecule has 0 bridgehead atoms. The monoisotopic (exact) mass is 384 g/mol. The van der Waals surface area contributed by atoms with Crippen molar-refractivity contribution in [2.45, 2.75) is 45.0 Å². The molecule has 1 heterocycles. The molecule has 1 saturated heterocycles. The van der Waals surface area contributed by atoms with E-state index < -0.39 is 0 Å². The van der Waals surface area contributed by atoms with Crippen LogP contribution in [0.3, 0.4) is 0 Å². The SMILES string of the molecule is COC(=O)c1cccc(OCc2cccc(CCCOC3CCCCO3)c2)c1. The van der Waals surface area contributed by atoms with Gasteiger partial charge in [0.15, 0.2) is 6.29 Å². The van der Waals surface area contributed by atoms with Gasteiger partial charge in [-0.05, 0) is 61.4 Å². The molecule has 5 heteroatoms. The smallest absolute Gasteiger partial charge is 0.337 e. The van der Waals surface area contributed by atoms with Crippen LogP contribution in [0.1, 0.15) is 47.2 Å². The summed E-state index contributed by atoms with van der Waals surface area (Å²) in [5.74, 6) is 0.280. The molecule has 150 valence electrons. The number of esters is 1. The van der Waals surface area contributed by atoms with Gasteiger partial charge < -0.3 is 18.9 Å². The lowest BCUT2D eigenvalue weighted by Gasteiger charge is -2.22. The van der Waals surface area contributed by atoms with Gasteiger partial charge in [-0.25, -0.2) is 4.79 Å². The number of rotatable bonds is 9. The number of carbonyl (C=O) groups is 1. The molecule has 1 fully saturated rings. The van der Waals surface area contributed by atoms with Crippen molar-refractivity contribution in [3.63, 3.8) is 0 Å². The highest BCUT2D eigenvalue weighted by Gasteiger charge is 2.13. The lowest BCUT2D eigenvalue weighted by Crippen LogP contribution is -2.22. The second-order valence-corrected chi connectivity index (χ2v) is 6.90. The predicted molar refractivity (Wildman–Crippen MR) is 106 cm³/mol. The van der Waals surface area contributed by atoms with Crippen molar-refractivity contribution in [1.29, 1.82) is 0 Å². The third kappa shape index (κ3) is 6.36. The van der Waals surface area contributed by atoms with Crippen molar-refractivity contribution >= 4 is 5.97 Å². The molecule has 2 aromatic carbocycles. The van der Waals surface area contributed by atoms with Gasteiger partial charge in [0.05, 0.1) is 19.3 Å². The summed E-state index contributed by atoms with van der Waals surface area (Å²) in [7, 11) is 1.37. The van der Waals surface area contributed by atoms with Crippen LogP contribution in [0.2, 0.25) is 0 Å². The zero-order valence-corrected chi connectivity index (χ0v) is 16.4. The van der Waals surface area contributed by atoms with Gasteiger partial charge in [0, 0.05) is 6.61 Å². The number of methoxy groups -OCH3 is 1. The van der Waals surface area contributed by atoms with Crippen molar-refractivity contribution in [2.75, 3.05) is 20.3 Å². The highest BCUT2D eigenvalue weighted by Crippen LogP contribution is 2.17. The fourth-order valence-corrected chi connectivity index (χ4v) is 3.21. The topological polar surface area (TPSA) is 54.0 Å².